The lowest BCUT2D eigenvalue weighted by atomic mass is 9.98. The van der Waals surface area contributed by atoms with Gasteiger partial charge in [0.15, 0.2) is 0 Å². The summed E-state index contributed by atoms with van der Waals surface area (Å²) in [5, 5.41) is 21.0. The van der Waals surface area contributed by atoms with Crippen LogP contribution < -0.4 is 5.32 Å². The number of alkyl carbamates (subject to hydrolysis) is 1. The summed E-state index contributed by atoms with van der Waals surface area (Å²) in [5.41, 5.74) is -0.00503. The summed E-state index contributed by atoms with van der Waals surface area (Å²) in [6, 6.07) is 11.5. The van der Waals surface area contributed by atoms with Gasteiger partial charge in [-0.1, -0.05) is 30.3 Å². The number of carbonyl (C=O) groups is 1. The zero-order valence-electron chi connectivity index (χ0n) is 11.2. The van der Waals surface area contributed by atoms with Gasteiger partial charge >= 0.3 is 6.09 Å². The molecule has 2 rings (SSSR count). The van der Waals surface area contributed by atoms with Crippen LogP contribution in [0.3, 0.4) is 0 Å². The molecule has 5 heteroatoms. The topological polar surface area (TPSA) is 82.4 Å². The first-order valence-electron chi connectivity index (χ1n) is 6.68. The van der Waals surface area contributed by atoms with Crippen molar-refractivity contribution in [2.45, 2.75) is 31.4 Å². The Morgan fingerprint density at radius 2 is 2.25 bits per heavy atom. The van der Waals surface area contributed by atoms with Gasteiger partial charge in [0.05, 0.1) is 6.07 Å². The molecule has 1 amide bonds. The SMILES string of the molecule is N#CC1(NC(=O)OCc2ccccc2)CCC(CO)C1. The summed E-state index contributed by atoms with van der Waals surface area (Å²) in [6.07, 6.45) is 1.17. The summed E-state index contributed by atoms with van der Waals surface area (Å²) >= 11 is 0. The fourth-order valence-electron chi connectivity index (χ4n) is 2.50. The van der Waals surface area contributed by atoms with Gasteiger partial charge in [-0.15, -0.1) is 0 Å². The molecule has 0 bridgehead atoms. The molecule has 20 heavy (non-hydrogen) atoms. The van der Waals surface area contributed by atoms with Crippen molar-refractivity contribution in [2.24, 2.45) is 5.92 Å². The van der Waals surface area contributed by atoms with Crippen molar-refractivity contribution in [3.8, 4) is 6.07 Å². The first kappa shape index (κ1) is 14.4. The van der Waals surface area contributed by atoms with Gasteiger partial charge < -0.3 is 15.2 Å². The molecule has 0 spiro atoms. The lowest BCUT2D eigenvalue weighted by Crippen LogP contribution is -2.45. The van der Waals surface area contributed by atoms with E-state index in [0.29, 0.717) is 12.8 Å². The van der Waals surface area contributed by atoms with E-state index in [1.165, 1.54) is 0 Å². The highest BCUT2D eigenvalue weighted by molar-refractivity contribution is 5.69. The number of ether oxygens (including phenoxy) is 1. The number of amides is 1. The molecule has 106 valence electrons. The molecule has 5 nitrogen and oxygen atoms in total. The van der Waals surface area contributed by atoms with Crippen molar-refractivity contribution in [1.29, 1.82) is 5.26 Å². The van der Waals surface area contributed by atoms with Crippen molar-refractivity contribution < 1.29 is 14.6 Å². The number of hydrogen-bond donors (Lipinski definition) is 2. The Morgan fingerprint density at radius 1 is 1.50 bits per heavy atom. The third-order valence-electron chi connectivity index (χ3n) is 3.64. The van der Waals surface area contributed by atoms with Gasteiger partial charge in [0, 0.05) is 6.61 Å². The third-order valence-corrected chi connectivity index (χ3v) is 3.64. The first-order chi connectivity index (χ1) is 9.67. The highest BCUT2D eigenvalue weighted by Crippen LogP contribution is 2.33. The van der Waals surface area contributed by atoms with E-state index in [4.69, 9.17) is 9.84 Å². The molecular weight excluding hydrogens is 256 g/mol. The standard InChI is InChI=1S/C15H18N2O3/c16-11-15(7-6-13(8-15)9-18)17-14(19)20-10-12-4-2-1-3-5-12/h1-5,13,18H,6-10H2,(H,17,19). The van der Waals surface area contributed by atoms with E-state index in [-0.39, 0.29) is 19.1 Å². The molecule has 2 unspecified atom stereocenters. The molecule has 0 aliphatic heterocycles. The zero-order chi connectivity index (χ0) is 14.4. The number of aliphatic hydroxyl groups is 1. The summed E-state index contributed by atoms with van der Waals surface area (Å²) in [5.74, 6) is 0.0732. The van der Waals surface area contributed by atoms with Crippen molar-refractivity contribution in [2.75, 3.05) is 6.61 Å². The van der Waals surface area contributed by atoms with Gasteiger partial charge in [-0.3, -0.25) is 0 Å². The Kier molecular flexibility index (Phi) is 4.59. The van der Waals surface area contributed by atoms with E-state index in [0.717, 1.165) is 12.0 Å². The highest BCUT2D eigenvalue weighted by Gasteiger charge is 2.40. The number of nitriles is 1. The van der Waals surface area contributed by atoms with Crippen molar-refractivity contribution in [3.05, 3.63) is 35.9 Å². The van der Waals surface area contributed by atoms with Gasteiger partial charge in [-0.05, 0) is 30.7 Å². The maximum absolute atomic E-state index is 11.8. The maximum atomic E-state index is 11.8. The average Bonchev–Trinajstić information content (AvgIpc) is 2.90. The van der Waals surface area contributed by atoms with Crippen molar-refractivity contribution in [3.63, 3.8) is 0 Å². The Balaban J connectivity index is 1.86. The van der Waals surface area contributed by atoms with E-state index in [9.17, 15) is 10.1 Å². The minimum atomic E-state index is -0.902. The summed E-state index contributed by atoms with van der Waals surface area (Å²) < 4.78 is 5.12. The molecular formula is C15H18N2O3. The Labute approximate surface area is 118 Å². The molecule has 1 aliphatic carbocycles. The molecule has 2 atom stereocenters. The van der Waals surface area contributed by atoms with E-state index >= 15 is 0 Å². The van der Waals surface area contributed by atoms with Gasteiger partial charge in [0.25, 0.3) is 0 Å². The van der Waals surface area contributed by atoms with Gasteiger partial charge in [0.2, 0.25) is 0 Å². The number of carbonyl (C=O) groups excluding carboxylic acids is 1. The minimum Gasteiger partial charge on any atom is -0.445 e. The van der Waals surface area contributed by atoms with Crippen molar-refractivity contribution in [1.82, 2.24) is 5.32 Å². The van der Waals surface area contributed by atoms with Crippen LogP contribution in [0.5, 0.6) is 0 Å². The van der Waals surface area contributed by atoms with E-state index in [2.05, 4.69) is 11.4 Å². The molecule has 1 aliphatic rings. The van der Waals surface area contributed by atoms with Crippen LogP contribution in [0.2, 0.25) is 0 Å². The van der Waals surface area contributed by atoms with Gasteiger partial charge in [-0.2, -0.15) is 5.26 Å². The molecule has 2 N–H and O–H groups in total. The number of hydrogen-bond acceptors (Lipinski definition) is 4. The zero-order valence-corrected chi connectivity index (χ0v) is 11.2. The minimum absolute atomic E-state index is 0.0458. The molecule has 0 heterocycles. The smallest absolute Gasteiger partial charge is 0.408 e. The quantitative estimate of drug-likeness (QED) is 0.879. The number of nitrogens with zero attached hydrogens (tertiary/aromatic N) is 1. The Bertz CT molecular complexity index is 498. The van der Waals surface area contributed by atoms with Crippen LogP contribution in [0.4, 0.5) is 4.79 Å². The summed E-state index contributed by atoms with van der Waals surface area (Å²) in [7, 11) is 0. The van der Waals surface area contributed by atoms with Crippen LogP contribution in [0.15, 0.2) is 30.3 Å². The molecule has 0 aromatic heterocycles. The fraction of sp³-hybridized carbons (Fsp3) is 0.467. The number of aliphatic hydroxyl groups excluding tert-OH is 1. The highest BCUT2D eigenvalue weighted by atomic mass is 16.5. The average molecular weight is 274 g/mol. The van der Waals surface area contributed by atoms with Crippen LogP contribution in [-0.4, -0.2) is 23.3 Å². The second-order valence-corrected chi connectivity index (χ2v) is 5.17. The second kappa shape index (κ2) is 6.40. The largest absolute Gasteiger partial charge is 0.445 e. The molecule has 1 saturated carbocycles. The number of benzene rings is 1. The fourth-order valence-corrected chi connectivity index (χ4v) is 2.50. The molecule has 1 aromatic carbocycles. The molecule has 1 fully saturated rings. The van der Waals surface area contributed by atoms with E-state index in [1.54, 1.807) is 0 Å². The van der Waals surface area contributed by atoms with Gasteiger partial charge in [0.1, 0.15) is 12.1 Å². The van der Waals surface area contributed by atoms with E-state index < -0.39 is 11.6 Å². The summed E-state index contributed by atoms with van der Waals surface area (Å²) in [4.78, 5) is 11.8. The first-order valence-corrected chi connectivity index (χ1v) is 6.68. The normalized spacial score (nSPS) is 24.9. The number of nitrogens with one attached hydrogen (secondary N) is 1. The molecule has 0 radical (unpaired) electrons. The number of rotatable bonds is 4. The molecule has 1 aromatic rings. The lowest BCUT2D eigenvalue weighted by molar-refractivity contribution is 0.130. The van der Waals surface area contributed by atoms with Crippen LogP contribution in [0.25, 0.3) is 0 Å². The van der Waals surface area contributed by atoms with Crippen molar-refractivity contribution >= 4 is 6.09 Å². The lowest BCUT2D eigenvalue weighted by Gasteiger charge is -2.22. The monoisotopic (exact) mass is 274 g/mol. The van der Waals surface area contributed by atoms with Crippen LogP contribution in [0, 0.1) is 17.2 Å². The predicted octanol–water partition coefficient (Wildman–Crippen LogP) is 1.97. The third kappa shape index (κ3) is 3.49. The molecule has 0 saturated heterocycles. The van der Waals surface area contributed by atoms with E-state index in [1.807, 2.05) is 30.3 Å². The second-order valence-electron chi connectivity index (χ2n) is 5.17. The summed E-state index contributed by atoms with van der Waals surface area (Å²) in [6.45, 7) is 0.224. The maximum Gasteiger partial charge on any atom is 0.408 e. The van der Waals surface area contributed by atoms with Crippen LogP contribution in [0.1, 0.15) is 24.8 Å². The van der Waals surface area contributed by atoms with Gasteiger partial charge in [-0.25, -0.2) is 4.79 Å². The van der Waals surface area contributed by atoms with Crippen LogP contribution in [-0.2, 0) is 11.3 Å². The predicted molar refractivity (Wildman–Crippen MR) is 72.5 cm³/mol. The van der Waals surface area contributed by atoms with Crippen LogP contribution >= 0.6 is 0 Å². The Morgan fingerprint density at radius 3 is 2.85 bits per heavy atom. The Hall–Kier alpha value is -2.06.